The predicted molar refractivity (Wildman–Crippen MR) is 74.7 cm³/mol. The average Bonchev–Trinajstić information content (AvgIpc) is 2.52. The summed E-state index contributed by atoms with van der Waals surface area (Å²) >= 11 is 0. The van der Waals surface area contributed by atoms with E-state index in [1.54, 1.807) is 54.7 Å². The second-order valence-electron chi connectivity index (χ2n) is 4.08. The van der Waals surface area contributed by atoms with Crippen molar-refractivity contribution in [3.8, 4) is 11.8 Å². The Balaban J connectivity index is 2.35. The van der Waals surface area contributed by atoms with Gasteiger partial charge in [0.2, 0.25) is 0 Å². The molecule has 1 aromatic heterocycles. The van der Waals surface area contributed by atoms with Crippen LogP contribution in [0.4, 0.5) is 0 Å². The van der Waals surface area contributed by atoms with Gasteiger partial charge in [-0.1, -0.05) is 24.3 Å². The summed E-state index contributed by atoms with van der Waals surface area (Å²) < 4.78 is 5.14. The molecule has 0 fully saturated rings. The largest absolute Gasteiger partial charge is 0.546 e. The van der Waals surface area contributed by atoms with Gasteiger partial charge in [0, 0.05) is 11.8 Å². The third-order valence-electron chi connectivity index (χ3n) is 2.63. The third kappa shape index (κ3) is 3.91. The zero-order chi connectivity index (χ0) is 15.1. The van der Waals surface area contributed by atoms with Gasteiger partial charge in [0.25, 0.3) is 0 Å². The number of hydrogen-bond acceptors (Lipinski definition) is 5. The van der Waals surface area contributed by atoms with Crippen LogP contribution in [0.15, 0.2) is 48.7 Å². The molecule has 0 bridgehead atoms. The van der Waals surface area contributed by atoms with Gasteiger partial charge in [-0.2, -0.15) is 5.26 Å². The van der Waals surface area contributed by atoms with E-state index in [0.717, 1.165) is 0 Å². The first-order valence-electron chi connectivity index (χ1n) is 6.15. The van der Waals surface area contributed by atoms with Crippen molar-refractivity contribution in [3.05, 3.63) is 59.9 Å². The van der Waals surface area contributed by atoms with Crippen LogP contribution < -0.4 is 9.84 Å². The van der Waals surface area contributed by atoms with Gasteiger partial charge in [0.05, 0.1) is 17.2 Å². The fourth-order valence-corrected chi connectivity index (χ4v) is 1.71. The van der Waals surface area contributed by atoms with Crippen LogP contribution >= 0.6 is 0 Å². The molecule has 0 aliphatic heterocycles. The lowest BCUT2D eigenvalue weighted by Crippen LogP contribution is -2.29. The number of para-hydroxylation sites is 1. The van der Waals surface area contributed by atoms with Gasteiger partial charge < -0.3 is 14.6 Å². The Bertz CT molecular complexity index is 703. The van der Waals surface area contributed by atoms with E-state index < -0.39 is 12.6 Å². The normalized spacial score (nSPS) is 10.7. The highest BCUT2D eigenvalue weighted by Crippen LogP contribution is 2.23. The third-order valence-corrected chi connectivity index (χ3v) is 2.63. The van der Waals surface area contributed by atoms with Crippen molar-refractivity contribution >= 4 is 17.6 Å². The number of benzene rings is 1. The first kappa shape index (κ1) is 14.3. The van der Waals surface area contributed by atoms with Gasteiger partial charge in [-0.25, -0.2) is 0 Å². The summed E-state index contributed by atoms with van der Waals surface area (Å²) in [6.45, 7) is -0.545. The van der Waals surface area contributed by atoms with Gasteiger partial charge in [-0.3, -0.25) is 4.98 Å². The van der Waals surface area contributed by atoms with E-state index in [1.165, 1.54) is 0 Å². The van der Waals surface area contributed by atoms with Crippen molar-refractivity contribution in [2.75, 3.05) is 6.61 Å². The lowest BCUT2D eigenvalue weighted by atomic mass is 10.1. The fourth-order valence-electron chi connectivity index (χ4n) is 1.71. The van der Waals surface area contributed by atoms with E-state index in [4.69, 9.17) is 4.74 Å². The number of carboxylic acid groups (broad SMARTS) is 1. The van der Waals surface area contributed by atoms with Crippen LogP contribution in [0.5, 0.6) is 5.75 Å². The molecule has 5 heteroatoms. The van der Waals surface area contributed by atoms with E-state index in [1.807, 2.05) is 0 Å². The van der Waals surface area contributed by atoms with Crippen LogP contribution in [-0.4, -0.2) is 17.6 Å². The summed E-state index contributed by atoms with van der Waals surface area (Å²) in [4.78, 5) is 14.6. The minimum Gasteiger partial charge on any atom is -0.546 e. The Morgan fingerprint density at radius 2 is 2.05 bits per heavy atom. The summed E-state index contributed by atoms with van der Waals surface area (Å²) in [6, 6.07) is 14.2. The molecule has 0 aliphatic carbocycles. The van der Waals surface area contributed by atoms with Gasteiger partial charge in [0.15, 0.2) is 0 Å². The monoisotopic (exact) mass is 279 g/mol. The number of pyridine rings is 1. The number of carboxylic acids is 1. The second kappa shape index (κ2) is 6.87. The highest BCUT2D eigenvalue weighted by atomic mass is 16.5. The molecular weight excluding hydrogens is 268 g/mol. The van der Waals surface area contributed by atoms with Crippen LogP contribution in [0.3, 0.4) is 0 Å². The Morgan fingerprint density at radius 1 is 1.29 bits per heavy atom. The van der Waals surface area contributed by atoms with E-state index >= 15 is 0 Å². The van der Waals surface area contributed by atoms with Crippen LogP contribution in [0.25, 0.3) is 11.6 Å². The summed E-state index contributed by atoms with van der Waals surface area (Å²) in [6.07, 6.45) is 3.20. The van der Waals surface area contributed by atoms with Crippen molar-refractivity contribution in [2.45, 2.75) is 0 Å². The summed E-state index contributed by atoms with van der Waals surface area (Å²) in [5, 5.41) is 19.7. The minimum atomic E-state index is -1.31. The maximum atomic E-state index is 10.5. The maximum Gasteiger partial charge on any atom is 0.128 e. The molecule has 0 atom stereocenters. The molecule has 0 aliphatic rings. The molecule has 0 unspecified atom stereocenters. The lowest BCUT2D eigenvalue weighted by Gasteiger charge is -2.09. The average molecular weight is 279 g/mol. The predicted octanol–water partition coefficient (Wildman–Crippen LogP) is 1.27. The Labute approximate surface area is 121 Å². The number of ether oxygens (including phenoxy) is 1. The van der Waals surface area contributed by atoms with Crippen molar-refractivity contribution in [1.29, 1.82) is 5.26 Å². The number of carbonyl (C=O) groups is 1. The van der Waals surface area contributed by atoms with Crippen molar-refractivity contribution < 1.29 is 14.6 Å². The number of allylic oxidation sites excluding steroid dienone is 1. The molecule has 1 heterocycles. The fraction of sp³-hybridized carbons (Fsp3) is 0.0625. The van der Waals surface area contributed by atoms with E-state index in [2.05, 4.69) is 11.1 Å². The van der Waals surface area contributed by atoms with Crippen molar-refractivity contribution in [3.63, 3.8) is 0 Å². The number of aromatic nitrogens is 1. The van der Waals surface area contributed by atoms with Gasteiger partial charge >= 0.3 is 0 Å². The Kier molecular flexibility index (Phi) is 4.67. The highest BCUT2D eigenvalue weighted by Gasteiger charge is 2.05. The number of hydrogen-bond donors (Lipinski definition) is 0. The molecule has 0 amide bonds. The van der Waals surface area contributed by atoms with Crippen LogP contribution in [-0.2, 0) is 4.79 Å². The molecular formula is C16H11N2O3-. The topological polar surface area (TPSA) is 86.0 Å². The number of nitrogens with zero attached hydrogens (tertiary/aromatic N) is 2. The molecule has 0 N–H and O–H groups in total. The molecule has 0 spiro atoms. The molecule has 1 aromatic carbocycles. The van der Waals surface area contributed by atoms with Crippen LogP contribution in [0, 0.1) is 11.3 Å². The maximum absolute atomic E-state index is 10.5. The molecule has 5 nitrogen and oxygen atoms in total. The number of rotatable bonds is 5. The van der Waals surface area contributed by atoms with Gasteiger partial charge in [-0.15, -0.1) is 0 Å². The smallest absolute Gasteiger partial charge is 0.128 e. The van der Waals surface area contributed by atoms with E-state index in [0.29, 0.717) is 22.6 Å². The molecule has 2 rings (SSSR count). The molecule has 21 heavy (non-hydrogen) atoms. The summed E-state index contributed by atoms with van der Waals surface area (Å²) in [5.41, 5.74) is 1.50. The Morgan fingerprint density at radius 3 is 2.71 bits per heavy atom. The molecule has 0 radical (unpaired) electrons. The minimum absolute atomic E-state index is 0.361. The highest BCUT2D eigenvalue weighted by molar-refractivity contribution is 5.89. The SMILES string of the molecule is N#C/C(=C\c1ccccc1OCC(=O)[O-])c1ccccn1. The zero-order valence-electron chi connectivity index (χ0n) is 11.0. The van der Waals surface area contributed by atoms with Crippen molar-refractivity contribution in [2.24, 2.45) is 0 Å². The van der Waals surface area contributed by atoms with Crippen LogP contribution in [0.2, 0.25) is 0 Å². The molecule has 2 aromatic rings. The van der Waals surface area contributed by atoms with Gasteiger partial charge in [-0.05, 0) is 24.3 Å². The van der Waals surface area contributed by atoms with E-state index in [-0.39, 0.29) is 0 Å². The quantitative estimate of drug-likeness (QED) is 0.769. The molecule has 0 saturated heterocycles. The first-order chi connectivity index (χ1) is 10.2. The number of aliphatic carboxylic acids is 1. The number of carbonyl (C=O) groups excluding carboxylic acids is 1. The zero-order valence-corrected chi connectivity index (χ0v) is 11.0. The molecule has 0 saturated carbocycles. The van der Waals surface area contributed by atoms with Crippen LogP contribution in [0.1, 0.15) is 11.3 Å². The second-order valence-corrected chi connectivity index (χ2v) is 4.08. The van der Waals surface area contributed by atoms with Gasteiger partial charge in [0.1, 0.15) is 18.4 Å². The summed E-state index contributed by atoms with van der Waals surface area (Å²) in [7, 11) is 0. The summed E-state index contributed by atoms with van der Waals surface area (Å²) in [5.74, 6) is -0.940. The van der Waals surface area contributed by atoms with E-state index in [9.17, 15) is 15.2 Å². The number of nitriles is 1. The Hall–Kier alpha value is -3.13. The standard InChI is InChI=1S/C16H12N2O3/c17-10-13(14-6-3-4-8-18-14)9-12-5-1-2-7-15(12)21-11-16(19)20/h1-9H,11H2,(H,19,20)/p-1/b13-9+. The lowest BCUT2D eigenvalue weighted by molar-refractivity contribution is -0.307. The first-order valence-corrected chi connectivity index (χ1v) is 6.15. The molecule has 104 valence electrons. The van der Waals surface area contributed by atoms with Crippen molar-refractivity contribution in [1.82, 2.24) is 4.98 Å².